The Hall–Kier alpha value is -2.04. The summed E-state index contributed by atoms with van der Waals surface area (Å²) in [5.74, 6) is -0.562. The summed E-state index contributed by atoms with van der Waals surface area (Å²) < 4.78 is 4.89. The number of ether oxygens (including phenoxy) is 1. The average molecular weight is 195 g/mol. The molecule has 0 amide bonds. The summed E-state index contributed by atoms with van der Waals surface area (Å²) in [7, 11) is 0. The van der Waals surface area contributed by atoms with E-state index in [4.69, 9.17) is 15.1 Å². The first-order chi connectivity index (χ1) is 6.72. The van der Waals surface area contributed by atoms with Crippen molar-refractivity contribution < 1.29 is 19.8 Å². The molecule has 0 aliphatic rings. The fourth-order valence-electron chi connectivity index (χ4n) is 0.862. The van der Waals surface area contributed by atoms with Gasteiger partial charge in [0.05, 0.1) is 6.21 Å². The molecule has 1 aromatic carbocycles. The van der Waals surface area contributed by atoms with Crippen LogP contribution in [0.3, 0.4) is 0 Å². The van der Waals surface area contributed by atoms with Crippen molar-refractivity contribution >= 4 is 12.2 Å². The number of oxime groups is 1. The second kappa shape index (κ2) is 4.86. The smallest absolute Gasteiger partial charge is 0.341 e. The highest BCUT2D eigenvalue weighted by Crippen LogP contribution is 2.10. The Morgan fingerprint density at radius 2 is 2.07 bits per heavy atom. The zero-order valence-electron chi connectivity index (χ0n) is 7.25. The van der Waals surface area contributed by atoms with Gasteiger partial charge in [0.1, 0.15) is 5.75 Å². The summed E-state index contributed by atoms with van der Waals surface area (Å²) in [6.07, 6.45) is 1.26. The highest BCUT2D eigenvalue weighted by atomic mass is 16.5. The van der Waals surface area contributed by atoms with E-state index in [9.17, 15) is 4.79 Å². The summed E-state index contributed by atoms with van der Waals surface area (Å²) in [6.45, 7) is -0.368. The van der Waals surface area contributed by atoms with Gasteiger partial charge in [0, 0.05) is 0 Å². The molecule has 0 radical (unpaired) electrons. The first-order valence-corrected chi connectivity index (χ1v) is 3.84. The third-order valence-corrected chi connectivity index (χ3v) is 1.45. The van der Waals surface area contributed by atoms with Crippen LogP contribution in [-0.4, -0.2) is 29.1 Å². The minimum Gasteiger partial charge on any atom is -0.482 e. The number of benzene rings is 1. The van der Waals surface area contributed by atoms with Crippen LogP contribution in [0.5, 0.6) is 5.75 Å². The van der Waals surface area contributed by atoms with E-state index in [1.807, 2.05) is 0 Å². The summed E-state index contributed by atoms with van der Waals surface area (Å²) in [4.78, 5) is 10.2. The van der Waals surface area contributed by atoms with E-state index in [0.717, 1.165) is 0 Å². The van der Waals surface area contributed by atoms with Crippen molar-refractivity contribution in [3.63, 3.8) is 0 Å². The fourth-order valence-corrected chi connectivity index (χ4v) is 0.862. The van der Waals surface area contributed by atoms with Crippen molar-refractivity contribution in [3.8, 4) is 5.75 Å². The molecule has 5 nitrogen and oxygen atoms in total. The summed E-state index contributed by atoms with van der Waals surface area (Å²) in [5.41, 5.74) is 0.704. The molecule has 0 heterocycles. The molecule has 0 bridgehead atoms. The maximum absolute atomic E-state index is 10.2. The topological polar surface area (TPSA) is 79.1 Å². The molecular weight excluding hydrogens is 186 g/mol. The van der Waals surface area contributed by atoms with Crippen molar-refractivity contribution in [2.45, 2.75) is 0 Å². The summed E-state index contributed by atoms with van der Waals surface area (Å²) >= 11 is 0. The number of carboxylic acids is 1. The van der Waals surface area contributed by atoms with Crippen LogP contribution in [0, 0.1) is 0 Å². The SMILES string of the molecule is O=C(O)COc1ccc(/C=N/O)cc1. The van der Waals surface area contributed by atoms with E-state index in [1.165, 1.54) is 6.21 Å². The van der Waals surface area contributed by atoms with E-state index < -0.39 is 5.97 Å². The molecular formula is C9H9NO4. The molecule has 0 saturated heterocycles. The fraction of sp³-hybridized carbons (Fsp3) is 0.111. The second-order valence-corrected chi connectivity index (χ2v) is 2.50. The molecule has 14 heavy (non-hydrogen) atoms. The predicted octanol–water partition coefficient (Wildman–Crippen LogP) is 0.958. The van der Waals surface area contributed by atoms with Gasteiger partial charge in [-0.1, -0.05) is 5.16 Å². The number of carboxylic acid groups (broad SMARTS) is 1. The van der Waals surface area contributed by atoms with Gasteiger partial charge >= 0.3 is 5.97 Å². The number of hydrogen-bond acceptors (Lipinski definition) is 4. The zero-order valence-corrected chi connectivity index (χ0v) is 7.25. The molecule has 0 aliphatic heterocycles. The van der Waals surface area contributed by atoms with Gasteiger partial charge in [0.15, 0.2) is 6.61 Å². The monoisotopic (exact) mass is 195 g/mol. The Bertz CT molecular complexity index is 331. The molecule has 74 valence electrons. The van der Waals surface area contributed by atoms with Gasteiger partial charge in [-0.25, -0.2) is 4.79 Å². The average Bonchev–Trinajstić information content (AvgIpc) is 2.17. The molecule has 0 unspecified atom stereocenters. The molecule has 0 fully saturated rings. The predicted molar refractivity (Wildman–Crippen MR) is 49.0 cm³/mol. The van der Waals surface area contributed by atoms with Crippen molar-refractivity contribution in [1.82, 2.24) is 0 Å². The van der Waals surface area contributed by atoms with E-state index in [0.29, 0.717) is 11.3 Å². The Balaban J connectivity index is 2.59. The second-order valence-electron chi connectivity index (χ2n) is 2.50. The molecule has 0 saturated carbocycles. The lowest BCUT2D eigenvalue weighted by Crippen LogP contribution is -2.09. The van der Waals surface area contributed by atoms with E-state index >= 15 is 0 Å². The van der Waals surface area contributed by atoms with E-state index in [2.05, 4.69) is 5.16 Å². The van der Waals surface area contributed by atoms with Crippen molar-refractivity contribution in [2.75, 3.05) is 6.61 Å². The van der Waals surface area contributed by atoms with E-state index in [1.54, 1.807) is 24.3 Å². The van der Waals surface area contributed by atoms with Crippen LogP contribution in [0.25, 0.3) is 0 Å². The Labute approximate surface area is 80.2 Å². The highest BCUT2D eigenvalue weighted by molar-refractivity contribution is 5.79. The normalized spacial score (nSPS) is 10.3. The highest BCUT2D eigenvalue weighted by Gasteiger charge is 1.98. The third-order valence-electron chi connectivity index (χ3n) is 1.45. The largest absolute Gasteiger partial charge is 0.482 e. The van der Waals surface area contributed by atoms with Crippen LogP contribution in [0.2, 0.25) is 0 Å². The first-order valence-electron chi connectivity index (χ1n) is 3.84. The lowest BCUT2D eigenvalue weighted by molar-refractivity contribution is -0.139. The van der Waals surface area contributed by atoms with Crippen molar-refractivity contribution in [1.29, 1.82) is 0 Å². The molecule has 5 heteroatoms. The van der Waals surface area contributed by atoms with Gasteiger partial charge in [-0.3, -0.25) is 0 Å². The van der Waals surface area contributed by atoms with Crippen LogP contribution < -0.4 is 4.74 Å². The summed E-state index contributed by atoms with van der Waals surface area (Å²) in [5, 5.41) is 19.4. The van der Waals surface area contributed by atoms with Gasteiger partial charge in [0.25, 0.3) is 0 Å². The van der Waals surface area contributed by atoms with Gasteiger partial charge < -0.3 is 15.1 Å². The van der Waals surface area contributed by atoms with Gasteiger partial charge in [-0.2, -0.15) is 0 Å². The number of hydrogen-bond donors (Lipinski definition) is 2. The van der Waals surface area contributed by atoms with Gasteiger partial charge in [-0.15, -0.1) is 0 Å². The van der Waals surface area contributed by atoms with Crippen LogP contribution in [0.4, 0.5) is 0 Å². The standard InChI is InChI=1S/C9H9NO4/c11-9(12)6-14-8-3-1-7(2-4-8)5-10-13/h1-5,13H,6H2,(H,11,12)/b10-5+. The molecule has 0 spiro atoms. The first kappa shape index (κ1) is 10.0. The lowest BCUT2D eigenvalue weighted by Gasteiger charge is -2.02. The zero-order chi connectivity index (χ0) is 10.4. The van der Waals surface area contributed by atoms with Crippen LogP contribution in [0.1, 0.15) is 5.56 Å². The third kappa shape index (κ3) is 3.14. The number of aliphatic carboxylic acids is 1. The van der Waals surface area contributed by atoms with Crippen LogP contribution in [0.15, 0.2) is 29.4 Å². The Morgan fingerprint density at radius 3 is 2.57 bits per heavy atom. The van der Waals surface area contributed by atoms with Crippen molar-refractivity contribution in [2.24, 2.45) is 5.16 Å². The molecule has 0 aliphatic carbocycles. The number of rotatable bonds is 4. The maximum Gasteiger partial charge on any atom is 0.341 e. The number of nitrogens with zero attached hydrogens (tertiary/aromatic N) is 1. The quantitative estimate of drug-likeness (QED) is 0.426. The molecule has 0 aromatic heterocycles. The molecule has 0 atom stereocenters. The molecule has 1 aromatic rings. The Kier molecular flexibility index (Phi) is 3.49. The minimum absolute atomic E-state index is 0.368. The number of carbonyl (C=O) groups is 1. The Morgan fingerprint density at radius 1 is 1.43 bits per heavy atom. The van der Waals surface area contributed by atoms with Crippen molar-refractivity contribution in [3.05, 3.63) is 29.8 Å². The van der Waals surface area contributed by atoms with Gasteiger partial charge in [-0.05, 0) is 29.8 Å². The molecule has 1 rings (SSSR count). The van der Waals surface area contributed by atoms with Crippen LogP contribution >= 0.6 is 0 Å². The van der Waals surface area contributed by atoms with E-state index in [-0.39, 0.29) is 6.61 Å². The maximum atomic E-state index is 10.2. The molecule has 2 N–H and O–H groups in total. The van der Waals surface area contributed by atoms with Gasteiger partial charge in [0.2, 0.25) is 0 Å². The lowest BCUT2D eigenvalue weighted by atomic mass is 10.2. The minimum atomic E-state index is -1.02. The summed E-state index contributed by atoms with van der Waals surface area (Å²) in [6, 6.07) is 6.49. The van der Waals surface area contributed by atoms with Crippen LogP contribution in [-0.2, 0) is 4.79 Å².